The summed E-state index contributed by atoms with van der Waals surface area (Å²) in [5, 5.41) is 0. The van der Waals surface area contributed by atoms with Gasteiger partial charge in [-0.15, -0.1) is 24.8 Å². The minimum absolute atomic E-state index is 0. The van der Waals surface area contributed by atoms with E-state index < -0.39 is 11.7 Å². The van der Waals surface area contributed by atoms with Gasteiger partial charge in [-0.2, -0.15) is 0 Å². The fourth-order valence-electron chi connectivity index (χ4n) is 0.759. The van der Waals surface area contributed by atoms with Crippen molar-refractivity contribution in [2.24, 2.45) is 22.9 Å². The Morgan fingerprint density at radius 2 is 1.75 bits per heavy atom. The summed E-state index contributed by atoms with van der Waals surface area (Å²) < 4.78 is 0. The third-order valence-corrected chi connectivity index (χ3v) is 1.51. The van der Waals surface area contributed by atoms with Crippen LogP contribution in [0.4, 0.5) is 0 Å². The Labute approximate surface area is 83.8 Å². The number of allylic oxidation sites excluding steroid dienone is 1. The molecule has 0 aromatic rings. The molecule has 0 heterocycles. The van der Waals surface area contributed by atoms with Gasteiger partial charge in [0.15, 0.2) is 0 Å². The highest BCUT2D eigenvalue weighted by atomic mass is 35.5. The van der Waals surface area contributed by atoms with Crippen LogP contribution in [0.1, 0.15) is 0 Å². The van der Waals surface area contributed by atoms with Gasteiger partial charge in [-0.05, 0) is 18.2 Å². The van der Waals surface area contributed by atoms with Crippen molar-refractivity contribution in [3.63, 3.8) is 0 Å². The van der Waals surface area contributed by atoms with Crippen molar-refractivity contribution in [2.45, 2.75) is 11.7 Å². The average Bonchev–Trinajstić information content (AvgIpc) is 1.81. The van der Waals surface area contributed by atoms with Gasteiger partial charge >= 0.3 is 0 Å². The van der Waals surface area contributed by atoms with Gasteiger partial charge in [-0.25, -0.2) is 0 Å². The summed E-state index contributed by atoms with van der Waals surface area (Å²) >= 11 is 0. The standard InChI is InChI=1S/C6H12N4.2ClH/c7-4-1-2-6(9,10)5(8)3-4;;/h1-3,5H,7-10H2;2*1H. The molecule has 0 saturated carbocycles. The third kappa shape index (κ3) is 3.00. The van der Waals surface area contributed by atoms with Gasteiger partial charge in [-0.3, -0.25) is 0 Å². The molecule has 0 spiro atoms. The summed E-state index contributed by atoms with van der Waals surface area (Å²) in [4.78, 5) is 0. The number of nitrogens with two attached hydrogens (primary N) is 4. The Morgan fingerprint density at radius 1 is 1.25 bits per heavy atom. The molecule has 1 unspecified atom stereocenters. The molecule has 1 atom stereocenters. The SMILES string of the molecule is Cl.Cl.NC1=CC(N)C(N)(N)C=C1. The number of halogens is 2. The predicted molar refractivity (Wildman–Crippen MR) is 55.0 cm³/mol. The first-order chi connectivity index (χ1) is 4.52. The minimum Gasteiger partial charge on any atom is -0.399 e. The summed E-state index contributed by atoms with van der Waals surface area (Å²) in [7, 11) is 0. The second kappa shape index (κ2) is 4.69. The average molecular weight is 213 g/mol. The van der Waals surface area contributed by atoms with Crippen molar-refractivity contribution < 1.29 is 0 Å². The molecule has 0 aromatic heterocycles. The maximum Gasteiger partial charge on any atom is 0.103 e. The zero-order valence-corrected chi connectivity index (χ0v) is 8.07. The van der Waals surface area contributed by atoms with E-state index in [1.807, 2.05) is 0 Å². The van der Waals surface area contributed by atoms with Crippen molar-refractivity contribution in [3.8, 4) is 0 Å². The summed E-state index contributed by atoms with van der Waals surface area (Å²) in [6.45, 7) is 0. The quantitative estimate of drug-likeness (QED) is 0.395. The first-order valence-electron chi connectivity index (χ1n) is 3.02. The molecule has 4 nitrogen and oxygen atoms in total. The molecule has 0 fully saturated rings. The van der Waals surface area contributed by atoms with Crippen LogP contribution in [0.5, 0.6) is 0 Å². The maximum absolute atomic E-state index is 5.55. The molecule has 0 bridgehead atoms. The highest BCUT2D eigenvalue weighted by molar-refractivity contribution is 5.85. The highest BCUT2D eigenvalue weighted by Crippen LogP contribution is 2.09. The molecule has 0 aliphatic heterocycles. The van der Waals surface area contributed by atoms with E-state index in [0.717, 1.165) is 0 Å². The van der Waals surface area contributed by atoms with Crippen LogP contribution < -0.4 is 22.9 Å². The predicted octanol–water partition coefficient (Wildman–Crippen LogP) is -0.817. The van der Waals surface area contributed by atoms with E-state index in [-0.39, 0.29) is 24.8 Å². The Balaban J connectivity index is 0. The lowest BCUT2D eigenvalue weighted by atomic mass is 9.97. The van der Waals surface area contributed by atoms with Crippen LogP contribution in [0, 0.1) is 0 Å². The van der Waals surface area contributed by atoms with Gasteiger partial charge in [0.05, 0.1) is 6.04 Å². The summed E-state index contributed by atoms with van der Waals surface area (Å²) in [5.74, 6) is 0. The van der Waals surface area contributed by atoms with E-state index in [1.165, 1.54) is 0 Å². The highest BCUT2D eigenvalue weighted by Gasteiger charge is 2.25. The summed E-state index contributed by atoms with van der Waals surface area (Å²) in [6, 6.07) is -0.391. The molecule has 0 radical (unpaired) electrons. The topological polar surface area (TPSA) is 104 Å². The van der Waals surface area contributed by atoms with Crippen LogP contribution >= 0.6 is 24.8 Å². The summed E-state index contributed by atoms with van der Waals surface area (Å²) in [5.41, 5.74) is 21.7. The molecule has 8 N–H and O–H groups in total. The lowest BCUT2D eigenvalue weighted by Gasteiger charge is -2.28. The van der Waals surface area contributed by atoms with Crippen molar-refractivity contribution in [2.75, 3.05) is 0 Å². The van der Waals surface area contributed by atoms with E-state index in [4.69, 9.17) is 22.9 Å². The van der Waals surface area contributed by atoms with Gasteiger partial charge < -0.3 is 22.9 Å². The van der Waals surface area contributed by atoms with Crippen LogP contribution in [0.15, 0.2) is 23.9 Å². The fraction of sp³-hybridized carbons (Fsp3) is 0.333. The third-order valence-electron chi connectivity index (χ3n) is 1.51. The van der Waals surface area contributed by atoms with Crippen molar-refractivity contribution >= 4 is 24.8 Å². The molecule has 72 valence electrons. The Kier molecular flexibility index (Phi) is 5.58. The number of rotatable bonds is 0. The summed E-state index contributed by atoms with van der Waals surface area (Å²) in [6.07, 6.45) is 4.90. The van der Waals surface area contributed by atoms with Crippen molar-refractivity contribution in [3.05, 3.63) is 23.9 Å². The molecular weight excluding hydrogens is 199 g/mol. The molecule has 1 aliphatic carbocycles. The molecule has 12 heavy (non-hydrogen) atoms. The van der Waals surface area contributed by atoms with Crippen LogP contribution in [0.2, 0.25) is 0 Å². The first kappa shape index (κ1) is 14.3. The second-order valence-electron chi connectivity index (χ2n) is 2.53. The molecule has 6 heteroatoms. The van der Waals surface area contributed by atoms with Gasteiger partial charge in [-0.1, -0.05) is 0 Å². The Hall–Kier alpha value is -0.260. The number of hydrogen-bond donors (Lipinski definition) is 4. The van der Waals surface area contributed by atoms with Crippen molar-refractivity contribution in [1.82, 2.24) is 0 Å². The molecule has 1 aliphatic rings. The van der Waals surface area contributed by atoms with Gasteiger partial charge in [0, 0.05) is 5.70 Å². The zero-order chi connectivity index (χ0) is 7.78. The van der Waals surface area contributed by atoms with Crippen LogP contribution in [0.3, 0.4) is 0 Å². The lowest BCUT2D eigenvalue weighted by molar-refractivity contribution is 0.486. The lowest BCUT2D eigenvalue weighted by Crippen LogP contribution is -2.61. The van der Waals surface area contributed by atoms with Crippen LogP contribution in [-0.4, -0.2) is 11.7 Å². The Morgan fingerprint density at radius 3 is 2.08 bits per heavy atom. The monoisotopic (exact) mass is 212 g/mol. The van der Waals surface area contributed by atoms with E-state index in [2.05, 4.69) is 0 Å². The maximum atomic E-state index is 5.55. The van der Waals surface area contributed by atoms with Gasteiger partial charge in [0.2, 0.25) is 0 Å². The Bertz CT molecular complexity index is 200. The van der Waals surface area contributed by atoms with Crippen LogP contribution in [0.25, 0.3) is 0 Å². The zero-order valence-electron chi connectivity index (χ0n) is 6.44. The molecule has 1 rings (SSSR count). The number of hydrogen-bond acceptors (Lipinski definition) is 4. The van der Waals surface area contributed by atoms with Crippen LogP contribution in [-0.2, 0) is 0 Å². The fourth-order valence-corrected chi connectivity index (χ4v) is 0.759. The van der Waals surface area contributed by atoms with Gasteiger partial charge in [0.25, 0.3) is 0 Å². The molecular formula is C6H14Cl2N4. The van der Waals surface area contributed by atoms with E-state index in [1.54, 1.807) is 18.2 Å². The molecule has 0 amide bonds. The molecule has 0 aromatic carbocycles. The van der Waals surface area contributed by atoms with E-state index in [0.29, 0.717) is 5.70 Å². The molecule has 0 saturated heterocycles. The van der Waals surface area contributed by atoms with Gasteiger partial charge in [0.1, 0.15) is 5.66 Å². The van der Waals surface area contributed by atoms with E-state index >= 15 is 0 Å². The largest absolute Gasteiger partial charge is 0.399 e. The minimum atomic E-state index is -0.942. The second-order valence-corrected chi connectivity index (χ2v) is 2.53. The normalized spacial score (nSPS) is 24.9. The van der Waals surface area contributed by atoms with E-state index in [9.17, 15) is 0 Å². The smallest absolute Gasteiger partial charge is 0.103 e. The first-order valence-corrected chi connectivity index (χ1v) is 3.02. The van der Waals surface area contributed by atoms with Crippen molar-refractivity contribution in [1.29, 1.82) is 0 Å².